The van der Waals surface area contributed by atoms with Gasteiger partial charge in [0.25, 0.3) is 0 Å². The zero-order chi connectivity index (χ0) is 14.7. The lowest BCUT2D eigenvalue weighted by Gasteiger charge is -2.32. The van der Waals surface area contributed by atoms with E-state index in [0.29, 0.717) is 12.3 Å². The summed E-state index contributed by atoms with van der Waals surface area (Å²) in [5, 5.41) is 2.07. The van der Waals surface area contributed by atoms with E-state index >= 15 is 0 Å². The Labute approximate surface area is 129 Å². The molecule has 112 valence electrons. The maximum atomic E-state index is 12.4. The lowest BCUT2D eigenvalue weighted by Crippen LogP contribution is -2.39. The number of hydrogen-bond acceptors (Lipinski definition) is 3. The predicted octanol–water partition coefficient (Wildman–Crippen LogP) is 3.12. The molecule has 21 heavy (non-hydrogen) atoms. The highest BCUT2D eigenvalue weighted by Crippen LogP contribution is 2.25. The Morgan fingerprint density at radius 2 is 2.48 bits per heavy atom. The Morgan fingerprint density at radius 3 is 3.19 bits per heavy atom. The first-order chi connectivity index (χ1) is 10.2. The van der Waals surface area contributed by atoms with Crippen LogP contribution in [0, 0.1) is 6.92 Å². The number of amides is 1. The van der Waals surface area contributed by atoms with Crippen molar-refractivity contribution < 1.29 is 4.79 Å². The topological polar surface area (TPSA) is 49.0 Å². The molecule has 2 aromatic heterocycles. The van der Waals surface area contributed by atoms with Crippen LogP contribution in [0.1, 0.15) is 41.6 Å². The van der Waals surface area contributed by atoms with E-state index in [0.717, 1.165) is 43.9 Å². The Bertz CT molecular complexity index is 590. The van der Waals surface area contributed by atoms with Gasteiger partial charge in [0.2, 0.25) is 5.91 Å². The van der Waals surface area contributed by atoms with Gasteiger partial charge in [-0.2, -0.15) is 0 Å². The average Bonchev–Trinajstić information content (AvgIpc) is 3.16. The fraction of sp³-hybridized carbons (Fsp3) is 0.500. The third-order valence-electron chi connectivity index (χ3n) is 4.05. The molecular formula is C16H21N3OS. The highest BCUT2D eigenvalue weighted by atomic mass is 32.1. The Hall–Kier alpha value is -1.62. The second kappa shape index (κ2) is 6.43. The molecule has 1 N–H and O–H groups in total. The highest BCUT2D eigenvalue weighted by molar-refractivity contribution is 7.09. The van der Waals surface area contributed by atoms with Gasteiger partial charge in [-0.15, -0.1) is 11.3 Å². The largest absolute Gasteiger partial charge is 0.346 e. The van der Waals surface area contributed by atoms with Crippen LogP contribution < -0.4 is 0 Å². The van der Waals surface area contributed by atoms with Crippen LogP contribution in [0.5, 0.6) is 0 Å². The summed E-state index contributed by atoms with van der Waals surface area (Å²) in [5.41, 5.74) is 1.09. The Kier molecular flexibility index (Phi) is 4.39. The summed E-state index contributed by atoms with van der Waals surface area (Å²) in [6, 6.07) is 4.14. The molecule has 1 atom stereocenters. The van der Waals surface area contributed by atoms with Gasteiger partial charge in [-0.1, -0.05) is 6.07 Å². The normalized spacial score (nSPS) is 18.9. The first kappa shape index (κ1) is 14.3. The number of aromatic nitrogens is 2. The standard InChI is InChI=1S/C16H21N3OS/c1-12-10-17-16(18-12)13-4-2-8-19(11-13)15(20)7-6-14-5-3-9-21-14/h3,5,9-10,13H,2,4,6-8,11H2,1H3,(H,17,18)/t13-/m0/s1. The van der Waals surface area contributed by atoms with E-state index < -0.39 is 0 Å². The quantitative estimate of drug-likeness (QED) is 0.943. The van der Waals surface area contributed by atoms with Crippen molar-refractivity contribution in [1.29, 1.82) is 0 Å². The first-order valence-corrected chi connectivity index (χ1v) is 8.42. The van der Waals surface area contributed by atoms with E-state index in [4.69, 9.17) is 0 Å². The van der Waals surface area contributed by atoms with Crippen molar-refractivity contribution in [2.45, 2.75) is 38.5 Å². The summed E-state index contributed by atoms with van der Waals surface area (Å²) in [4.78, 5) is 23.4. The van der Waals surface area contributed by atoms with Crippen LogP contribution in [-0.2, 0) is 11.2 Å². The van der Waals surface area contributed by atoms with E-state index in [1.54, 1.807) is 11.3 Å². The van der Waals surface area contributed by atoms with Crippen molar-refractivity contribution in [2.75, 3.05) is 13.1 Å². The minimum absolute atomic E-state index is 0.274. The third kappa shape index (κ3) is 3.53. The number of H-pyrrole nitrogens is 1. The van der Waals surface area contributed by atoms with Gasteiger partial charge in [0.15, 0.2) is 0 Å². The maximum absolute atomic E-state index is 12.4. The number of rotatable bonds is 4. The minimum Gasteiger partial charge on any atom is -0.346 e. The van der Waals surface area contributed by atoms with Gasteiger partial charge in [-0.25, -0.2) is 4.98 Å². The summed E-state index contributed by atoms with van der Waals surface area (Å²) in [6.07, 6.45) is 5.52. The van der Waals surface area contributed by atoms with Gasteiger partial charge in [0.05, 0.1) is 0 Å². The van der Waals surface area contributed by atoms with E-state index in [2.05, 4.69) is 21.4 Å². The summed E-state index contributed by atoms with van der Waals surface area (Å²) >= 11 is 1.73. The molecule has 4 nitrogen and oxygen atoms in total. The molecule has 1 fully saturated rings. The number of aryl methyl sites for hydroxylation is 2. The lowest BCUT2D eigenvalue weighted by atomic mass is 9.97. The van der Waals surface area contributed by atoms with Crippen LogP contribution >= 0.6 is 11.3 Å². The van der Waals surface area contributed by atoms with E-state index in [1.165, 1.54) is 4.88 Å². The molecule has 2 aromatic rings. The smallest absolute Gasteiger partial charge is 0.222 e. The minimum atomic E-state index is 0.274. The second-order valence-electron chi connectivity index (χ2n) is 5.71. The van der Waals surface area contributed by atoms with Crippen LogP contribution in [0.15, 0.2) is 23.7 Å². The number of nitrogens with one attached hydrogen (secondary N) is 1. The van der Waals surface area contributed by atoms with Crippen molar-refractivity contribution in [3.8, 4) is 0 Å². The molecule has 1 amide bonds. The number of aromatic amines is 1. The molecule has 0 aliphatic carbocycles. The lowest BCUT2D eigenvalue weighted by molar-refractivity contribution is -0.132. The molecule has 1 aliphatic heterocycles. The molecule has 5 heteroatoms. The number of nitrogens with zero attached hydrogens (tertiary/aromatic N) is 2. The van der Waals surface area contributed by atoms with E-state index in [-0.39, 0.29) is 5.91 Å². The molecule has 0 saturated carbocycles. The van der Waals surface area contributed by atoms with Gasteiger partial charge in [0.1, 0.15) is 5.82 Å². The fourth-order valence-electron chi connectivity index (χ4n) is 2.91. The molecular weight excluding hydrogens is 282 g/mol. The number of carbonyl (C=O) groups is 1. The fourth-order valence-corrected chi connectivity index (χ4v) is 3.62. The van der Waals surface area contributed by atoms with Crippen molar-refractivity contribution >= 4 is 17.2 Å². The number of carbonyl (C=O) groups excluding carboxylic acids is 1. The van der Waals surface area contributed by atoms with Crippen molar-refractivity contribution in [2.24, 2.45) is 0 Å². The van der Waals surface area contributed by atoms with E-state index in [9.17, 15) is 4.79 Å². The molecule has 0 radical (unpaired) electrons. The van der Waals surface area contributed by atoms with Crippen LogP contribution in [0.3, 0.4) is 0 Å². The zero-order valence-corrected chi connectivity index (χ0v) is 13.2. The van der Waals surface area contributed by atoms with Crippen molar-refractivity contribution in [3.63, 3.8) is 0 Å². The van der Waals surface area contributed by atoms with Gasteiger partial charge in [-0.3, -0.25) is 4.79 Å². The Balaban J connectivity index is 1.56. The molecule has 3 rings (SSSR count). The number of hydrogen-bond donors (Lipinski definition) is 1. The van der Waals surface area contributed by atoms with Gasteiger partial charge >= 0.3 is 0 Å². The molecule has 1 saturated heterocycles. The predicted molar refractivity (Wildman–Crippen MR) is 84.5 cm³/mol. The first-order valence-electron chi connectivity index (χ1n) is 7.54. The monoisotopic (exact) mass is 303 g/mol. The molecule has 1 aliphatic rings. The zero-order valence-electron chi connectivity index (χ0n) is 12.3. The molecule has 3 heterocycles. The van der Waals surface area contributed by atoms with Crippen molar-refractivity contribution in [1.82, 2.24) is 14.9 Å². The van der Waals surface area contributed by atoms with E-state index in [1.807, 2.05) is 24.1 Å². The SMILES string of the molecule is Cc1cnc([C@H]2CCCN(C(=O)CCc3cccs3)C2)[nH]1. The average molecular weight is 303 g/mol. The van der Waals surface area contributed by atoms with Crippen molar-refractivity contribution in [3.05, 3.63) is 40.1 Å². The highest BCUT2D eigenvalue weighted by Gasteiger charge is 2.26. The number of imidazole rings is 1. The molecule has 0 unspecified atom stereocenters. The number of likely N-dealkylation sites (tertiary alicyclic amines) is 1. The van der Waals surface area contributed by atoms with Crippen LogP contribution in [0.4, 0.5) is 0 Å². The summed E-state index contributed by atoms with van der Waals surface area (Å²) in [7, 11) is 0. The maximum Gasteiger partial charge on any atom is 0.222 e. The van der Waals surface area contributed by atoms with Crippen LogP contribution in [0.25, 0.3) is 0 Å². The second-order valence-corrected chi connectivity index (χ2v) is 6.74. The third-order valence-corrected chi connectivity index (χ3v) is 4.98. The van der Waals surface area contributed by atoms with Crippen LogP contribution in [0.2, 0.25) is 0 Å². The van der Waals surface area contributed by atoms with Gasteiger partial charge in [-0.05, 0) is 37.6 Å². The van der Waals surface area contributed by atoms with Crippen LogP contribution in [-0.4, -0.2) is 33.9 Å². The summed E-state index contributed by atoms with van der Waals surface area (Å²) < 4.78 is 0. The molecule has 0 spiro atoms. The molecule has 0 bridgehead atoms. The molecule has 0 aromatic carbocycles. The number of thiophene rings is 1. The number of piperidine rings is 1. The summed E-state index contributed by atoms with van der Waals surface area (Å²) in [5.74, 6) is 1.66. The van der Waals surface area contributed by atoms with Gasteiger partial charge < -0.3 is 9.88 Å². The Morgan fingerprint density at radius 1 is 1.57 bits per heavy atom. The van der Waals surface area contributed by atoms with Gasteiger partial charge in [0, 0.05) is 42.2 Å². The summed E-state index contributed by atoms with van der Waals surface area (Å²) in [6.45, 7) is 3.71.